The monoisotopic (exact) mass is 393 g/mol. The number of carbonyl (C=O) groups is 2. The number of carbonyl (C=O) groups excluding carboxylic acids is 2. The smallest absolute Gasteiger partial charge is 0.224 e. The van der Waals surface area contributed by atoms with E-state index < -0.39 is 6.35 Å². The Bertz CT molecular complexity index is 664. The van der Waals surface area contributed by atoms with Gasteiger partial charge in [-0.1, -0.05) is 36.6 Å². The topological polar surface area (TPSA) is 90.5 Å². The van der Waals surface area contributed by atoms with Gasteiger partial charge in [0.1, 0.15) is 0 Å². The molecule has 3 rings (SSSR count). The van der Waals surface area contributed by atoms with Crippen molar-refractivity contribution in [1.29, 1.82) is 0 Å². The van der Waals surface area contributed by atoms with Gasteiger partial charge in [0.25, 0.3) is 0 Å². The number of rotatable bonds is 4. The van der Waals surface area contributed by atoms with Crippen LogP contribution < -0.4 is 16.0 Å². The molecule has 1 aliphatic carbocycles. The predicted molar refractivity (Wildman–Crippen MR) is 104 cm³/mol. The van der Waals surface area contributed by atoms with E-state index in [1.807, 2.05) is 24.3 Å². The Labute approximate surface area is 165 Å². The first kappa shape index (κ1) is 20.1. The SMILES string of the molecule is O=C1CCC[C@@H](C(=O)N[C@H](c2cccc(Cl)c2)C2CCCC2)CNC(O)N1. The molecule has 0 bridgehead atoms. The van der Waals surface area contributed by atoms with E-state index in [1.54, 1.807) is 0 Å². The quantitative estimate of drug-likeness (QED) is 0.632. The first-order chi connectivity index (χ1) is 13.0. The van der Waals surface area contributed by atoms with Gasteiger partial charge in [0.2, 0.25) is 11.8 Å². The van der Waals surface area contributed by atoms with Crippen LogP contribution in [0.15, 0.2) is 24.3 Å². The highest BCUT2D eigenvalue weighted by Gasteiger charge is 2.30. The molecular weight excluding hydrogens is 366 g/mol. The summed E-state index contributed by atoms with van der Waals surface area (Å²) in [6.45, 7) is 0.320. The minimum Gasteiger partial charge on any atom is -0.361 e. The van der Waals surface area contributed by atoms with E-state index in [0.29, 0.717) is 36.7 Å². The van der Waals surface area contributed by atoms with Crippen molar-refractivity contribution in [1.82, 2.24) is 16.0 Å². The maximum absolute atomic E-state index is 13.0. The molecule has 1 saturated heterocycles. The second kappa shape index (κ2) is 9.53. The van der Waals surface area contributed by atoms with Crippen molar-refractivity contribution in [3.8, 4) is 0 Å². The number of benzene rings is 1. The number of amides is 2. The molecule has 6 nitrogen and oxygen atoms in total. The van der Waals surface area contributed by atoms with Gasteiger partial charge in [-0.05, 0) is 49.3 Å². The lowest BCUT2D eigenvalue weighted by molar-refractivity contribution is -0.126. The normalized spacial score (nSPS) is 25.8. The third-order valence-corrected chi connectivity index (χ3v) is 5.79. The molecule has 1 heterocycles. The van der Waals surface area contributed by atoms with E-state index in [-0.39, 0.29) is 23.8 Å². The highest BCUT2D eigenvalue weighted by Crippen LogP contribution is 2.36. The zero-order valence-corrected chi connectivity index (χ0v) is 16.2. The first-order valence-electron chi connectivity index (χ1n) is 9.79. The number of halogens is 1. The van der Waals surface area contributed by atoms with Crippen LogP contribution in [0.4, 0.5) is 0 Å². The Morgan fingerprint density at radius 2 is 2.00 bits per heavy atom. The molecule has 27 heavy (non-hydrogen) atoms. The highest BCUT2D eigenvalue weighted by atomic mass is 35.5. The Morgan fingerprint density at radius 3 is 2.74 bits per heavy atom. The zero-order valence-electron chi connectivity index (χ0n) is 15.4. The molecule has 148 valence electrons. The Morgan fingerprint density at radius 1 is 1.22 bits per heavy atom. The second-order valence-electron chi connectivity index (χ2n) is 7.55. The summed E-state index contributed by atoms with van der Waals surface area (Å²) in [5.41, 5.74) is 1.04. The van der Waals surface area contributed by atoms with E-state index in [0.717, 1.165) is 18.4 Å². The molecule has 1 aromatic rings. The molecule has 2 aliphatic rings. The Balaban J connectivity index is 1.72. The number of nitrogens with one attached hydrogen (secondary N) is 3. The Hall–Kier alpha value is -1.63. The Kier molecular flexibility index (Phi) is 7.10. The average molecular weight is 394 g/mol. The van der Waals surface area contributed by atoms with Gasteiger partial charge in [-0.25, -0.2) is 0 Å². The number of aliphatic hydroxyl groups is 1. The molecule has 1 aromatic carbocycles. The van der Waals surface area contributed by atoms with Crippen LogP contribution in [0.3, 0.4) is 0 Å². The summed E-state index contributed by atoms with van der Waals surface area (Å²) in [5, 5.41) is 19.0. The first-order valence-corrected chi connectivity index (χ1v) is 10.2. The van der Waals surface area contributed by atoms with Crippen LogP contribution in [0.1, 0.15) is 56.6 Å². The lowest BCUT2D eigenvalue weighted by atomic mass is 9.90. The molecular formula is C20H28ClN3O3. The van der Waals surface area contributed by atoms with Crippen molar-refractivity contribution in [3.63, 3.8) is 0 Å². The summed E-state index contributed by atoms with van der Waals surface area (Å²) in [5.74, 6) is -0.138. The second-order valence-corrected chi connectivity index (χ2v) is 7.99. The molecule has 2 fully saturated rings. The molecule has 0 radical (unpaired) electrons. The molecule has 0 aromatic heterocycles. The molecule has 1 unspecified atom stereocenters. The summed E-state index contributed by atoms with van der Waals surface area (Å²) in [4.78, 5) is 24.6. The van der Waals surface area contributed by atoms with E-state index >= 15 is 0 Å². The maximum Gasteiger partial charge on any atom is 0.224 e. The van der Waals surface area contributed by atoms with Crippen molar-refractivity contribution in [2.24, 2.45) is 11.8 Å². The van der Waals surface area contributed by atoms with Crippen molar-refractivity contribution in [2.75, 3.05) is 6.54 Å². The lowest BCUT2D eigenvalue weighted by Gasteiger charge is -2.28. The van der Waals surface area contributed by atoms with Gasteiger partial charge in [0.05, 0.1) is 12.0 Å². The van der Waals surface area contributed by atoms with Crippen LogP contribution in [0.5, 0.6) is 0 Å². The molecule has 0 spiro atoms. The van der Waals surface area contributed by atoms with Crippen molar-refractivity contribution >= 4 is 23.4 Å². The van der Waals surface area contributed by atoms with Gasteiger partial charge < -0.3 is 15.7 Å². The van der Waals surface area contributed by atoms with Crippen LogP contribution >= 0.6 is 11.6 Å². The van der Waals surface area contributed by atoms with Gasteiger partial charge >= 0.3 is 0 Å². The number of aliphatic hydroxyl groups excluding tert-OH is 1. The van der Waals surface area contributed by atoms with E-state index in [2.05, 4.69) is 16.0 Å². The zero-order chi connectivity index (χ0) is 19.2. The van der Waals surface area contributed by atoms with E-state index in [9.17, 15) is 14.7 Å². The van der Waals surface area contributed by atoms with Crippen LogP contribution in [-0.4, -0.2) is 29.8 Å². The van der Waals surface area contributed by atoms with Gasteiger partial charge in [-0.15, -0.1) is 0 Å². The van der Waals surface area contributed by atoms with Crippen molar-refractivity contribution in [3.05, 3.63) is 34.9 Å². The van der Waals surface area contributed by atoms with Crippen molar-refractivity contribution in [2.45, 2.75) is 57.3 Å². The molecule has 3 atom stereocenters. The van der Waals surface area contributed by atoms with E-state index in [1.165, 1.54) is 12.8 Å². The van der Waals surface area contributed by atoms with Crippen molar-refractivity contribution < 1.29 is 14.7 Å². The third-order valence-electron chi connectivity index (χ3n) is 5.56. The summed E-state index contributed by atoms with van der Waals surface area (Å²) in [6, 6.07) is 7.64. The number of hydrogen-bond acceptors (Lipinski definition) is 4. The van der Waals surface area contributed by atoms with Gasteiger partial charge in [0.15, 0.2) is 6.35 Å². The summed E-state index contributed by atoms with van der Waals surface area (Å²) < 4.78 is 0. The molecule has 4 N–H and O–H groups in total. The van der Waals surface area contributed by atoms with Gasteiger partial charge in [0, 0.05) is 18.0 Å². The average Bonchev–Trinajstić information content (AvgIpc) is 3.17. The van der Waals surface area contributed by atoms with Crippen LogP contribution in [0, 0.1) is 11.8 Å². The highest BCUT2D eigenvalue weighted by molar-refractivity contribution is 6.30. The molecule has 1 aliphatic heterocycles. The summed E-state index contributed by atoms with van der Waals surface area (Å²) in [6.07, 6.45) is 4.96. The molecule has 7 heteroatoms. The van der Waals surface area contributed by atoms with Crippen LogP contribution in [-0.2, 0) is 9.59 Å². The van der Waals surface area contributed by atoms with E-state index in [4.69, 9.17) is 11.6 Å². The summed E-state index contributed by atoms with van der Waals surface area (Å²) in [7, 11) is 0. The summed E-state index contributed by atoms with van der Waals surface area (Å²) >= 11 is 6.18. The predicted octanol–water partition coefficient (Wildman–Crippen LogP) is 2.47. The largest absolute Gasteiger partial charge is 0.361 e. The van der Waals surface area contributed by atoms with Crippen LogP contribution in [0.2, 0.25) is 5.02 Å². The number of hydrogen-bond donors (Lipinski definition) is 4. The minimum atomic E-state index is -1.12. The fourth-order valence-electron chi connectivity index (χ4n) is 4.10. The third kappa shape index (κ3) is 5.67. The fourth-order valence-corrected chi connectivity index (χ4v) is 4.30. The maximum atomic E-state index is 13.0. The fraction of sp³-hybridized carbons (Fsp3) is 0.600. The minimum absolute atomic E-state index is 0.0408. The lowest BCUT2D eigenvalue weighted by Crippen LogP contribution is -2.48. The van der Waals surface area contributed by atoms with Gasteiger partial charge in [-0.3, -0.25) is 14.9 Å². The molecule has 2 amide bonds. The standard InChI is InChI=1S/C20H28ClN3O3/c21-16-9-3-7-14(11-16)18(13-5-1-2-6-13)24-19(26)15-8-4-10-17(25)23-20(27)22-12-15/h3,7,9,11,13,15,18,20,22,27H,1-2,4-6,8,10,12H2,(H,23,25)(H,24,26)/t15-,18+,20?/m1/s1. The molecule has 1 saturated carbocycles. The van der Waals surface area contributed by atoms with Gasteiger partial charge in [-0.2, -0.15) is 0 Å². The van der Waals surface area contributed by atoms with Crippen LogP contribution in [0.25, 0.3) is 0 Å².